The topological polar surface area (TPSA) is 113 Å². The third-order valence-corrected chi connectivity index (χ3v) is 5.36. The molecule has 9 nitrogen and oxygen atoms in total. The molecule has 0 aromatic heterocycles. The minimum Gasteiger partial charge on any atom is -0.497 e. The molecule has 1 heterocycles. The molecule has 1 aliphatic heterocycles. The van der Waals surface area contributed by atoms with Gasteiger partial charge in [0.05, 0.1) is 25.8 Å². The Hall–Kier alpha value is -4.14. The monoisotopic (exact) mass is 466 g/mol. The minimum absolute atomic E-state index is 0.121. The van der Waals surface area contributed by atoms with Gasteiger partial charge in [0.2, 0.25) is 11.8 Å². The maximum atomic E-state index is 13.2. The van der Waals surface area contributed by atoms with E-state index in [4.69, 9.17) is 14.6 Å². The molecule has 34 heavy (non-hydrogen) atoms. The van der Waals surface area contributed by atoms with E-state index in [0.717, 1.165) is 16.5 Å². The van der Waals surface area contributed by atoms with Gasteiger partial charge in [-0.15, -0.1) is 0 Å². The highest BCUT2D eigenvalue weighted by molar-refractivity contribution is 6.23. The van der Waals surface area contributed by atoms with Crippen molar-refractivity contribution in [2.75, 3.05) is 25.2 Å². The van der Waals surface area contributed by atoms with Crippen LogP contribution in [0.5, 0.6) is 11.5 Å². The van der Waals surface area contributed by atoms with Crippen LogP contribution >= 0.6 is 0 Å². The molecule has 178 valence electrons. The van der Waals surface area contributed by atoms with Crippen LogP contribution in [0.25, 0.3) is 0 Å². The molecule has 0 aliphatic carbocycles. The Bertz CT molecular complexity index is 1080. The number of nitrogens with zero attached hydrogens (tertiary/aromatic N) is 2. The fourth-order valence-corrected chi connectivity index (χ4v) is 3.69. The average molecular weight is 466 g/mol. The summed E-state index contributed by atoms with van der Waals surface area (Å²) in [4.78, 5) is 52.0. The van der Waals surface area contributed by atoms with Gasteiger partial charge in [0, 0.05) is 18.7 Å². The smallest absolute Gasteiger partial charge is 0.328 e. The molecular weight excluding hydrogens is 440 g/mol. The summed E-state index contributed by atoms with van der Waals surface area (Å²) in [6, 6.07) is 12.7. The number of benzene rings is 2. The molecule has 9 heteroatoms. The Balaban J connectivity index is 1.82. The highest BCUT2D eigenvalue weighted by Gasteiger charge is 2.43. The number of imide groups is 1. The van der Waals surface area contributed by atoms with Gasteiger partial charge in [0.15, 0.2) is 0 Å². The van der Waals surface area contributed by atoms with Crippen molar-refractivity contribution in [3.63, 3.8) is 0 Å². The molecular formula is C25H26N2O7. The summed E-state index contributed by atoms with van der Waals surface area (Å²) in [5.41, 5.74) is 1.27. The van der Waals surface area contributed by atoms with E-state index < -0.39 is 29.7 Å². The number of anilines is 1. The number of hydrogen-bond acceptors (Lipinski definition) is 6. The molecule has 1 aliphatic rings. The summed E-state index contributed by atoms with van der Waals surface area (Å²) in [7, 11) is 1.56. The maximum absolute atomic E-state index is 13.2. The van der Waals surface area contributed by atoms with Crippen molar-refractivity contribution in [1.29, 1.82) is 0 Å². The molecule has 0 bridgehead atoms. The Morgan fingerprint density at radius 3 is 2.29 bits per heavy atom. The van der Waals surface area contributed by atoms with Crippen LogP contribution in [0.4, 0.5) is 5.69 Å². The molecule has 1 atom stereocenters. The molecule has 1 unspecified atom stereocenters. The van der Waals surface area contributed by atoms with Crippen molar-refractivity contribution in [1.82, 2.24) is 4.90 Å². The first-order valence-corrected chi connectivity index (χ1v) is 10.8. The van der Waals surface area contributed by atoms with Crippen molar-refractivity contribution in [2.45, 2.75) is 25.8 Å². The van der Waals surface area contributed by atoms with Gasteiger partial charge >= 0.3 is 5.97 Å². The van der Waals surface area contributed by atoms with E-state index in [1.807, 2.05) is 19.1 Å². The predicted octanol–water partition coefficient (Wildman–Crippen LogP) is 2.44. The van der Waals surface area contributed by atoms with Crippen LogP contribution in [-0.2, 0) is 25.6 Å². The second-order valence-electron chi connectivity index (χ2n) is 7.52. The van der Waals surface area contributed by atoms with Crippen molar-refractivity contribution < 1.29 is 33.8 Å². The van der Waals surface area contributed by atoms with Gasteiger partial charge in [-0.3, -0.25) is 14.4 Å². The first kappa shape index (κ1) is 24.5. The van der Waals surface area contributed by atoms with Crippen molar-refractivity contribution in [2.24, 2.45) is 0 Å². The second kappa shape index (κ2) is 11.1. The molecule has 2 aromatic rings. The van der Waals surface area contributed by atoms with Crippen molar-refractivity contribution in [3.8, 4) is 11.5 Å². The number of carbonyl (C=O) groups is 4. The largest absolute Gasteiger partial charge is 0.497 e. The first-order valence-electron chi connectivity index (χ1n) is 10.8. The number of aliphatic carboxylic acids is 1. The number of amides is 3. The summed E-state index contributed by atoms with van der Waals surface area (Å²) in [6.45, 7) is 2.45. The Morgan fingerprint density at radius 1 is 1.06 bits per heavy atom. The zero-order valence-corrected chi connectivity index (χ0v) is 19.0. The third-order valence-electron chi connectivity index (χ3n) is 5.36. The summed E-state index contributed by atoms with van der Waals surface area (Å²) < 4.78 is 10.5. The van der Waals surface area contributed by atoms with E-state index in [-0.39, 0.29) is 13.0 Å². The Labute approximate surface area is 197 Å². The van der Waals surface area contributed by atoms with Gasteiger partial charge in [-0.25, -0.2) is 9.69 Å². The molecule has 1 fully saturated rings. The Kier molecular flexibility index (Phi) is 8.02. The highest BCUT2D eigenvalue weighted by Crippen LogP contribution is 2.28. The number of hydrogen-bond donors (Lipinski definition) is 1. The number of methoxy groups -OCH3 is 1. The molecule has 2 aromatic carbocycles. The van der Waals surface area contributed by atoms with Gasteiger partial charge in [-0.1, -0.05) is 12.1 Å². The second-order valence-corrected chi connectivity index (χ2v) is 7.52. The third kappa shape index (κ3) is 5.80. The summed E-state index contributed by atoms with van der Waals surface area (Å²) >= 11 is 0. The quantitative estimate of drug-likeness (QED) is 0.423. The lowest BCUT2D eigenvalue weighted by atomic mass is 10.1. The number of carboxylic acid groups (broad SMARTS) is 1. The first-order chi connectivity index (χ1) is 16.3. The maximum Gasteiger partial charge on any atom is 0.328 e. The fourth-order valence-electron chi connectivity index (χ4n) is 3.69. The van der Waals surface area contributed by atoms with Crippen LogP contribution in [-0.4, -0.2) is 60.0 Å². The molecule has 0 spiro atoms. The van der Waals surface area contributed by atoms with E-state index in [0.29, 0.717) is 36.3 Å². The molecule has 3 rings (SSSR count). The lowest BCUT2D eigenvalue weighted by molar-refractivity contribution is -0.135. The number of rotatable bonds is 10. The van der Waals surface area contributed by atoms with Gasteiger partial charge in [-0.05, 0) is 55.3 Å². The molecule has 1 saturated heterocycles. The van der Waals surface area contributed by atoms with E-state index in [9.17, 15) is 19.2 Å². The lowest BCUT2D eigenvalue weighted by Gasteiger charge is -2.26. The normalized spacial score (nSPS) is 15.6. The number of ether oxygens (including phenoxy) is 2. The van der Waals surface area contributed by atoms with Crippen molar-refractivity contribution >= 4 is 29.4 Å². The average Bonchev–Trinajstić information content (AvgIpc) is 3.12. The number of carboxylic acids is 1. The van der Waals surface area contributed by atoms with Gasteiger partial charge in [0.1, 0.15) is 17.5 Å². The SMILES string of the molecule is CCOc1ccc(N2C(=O)CC(N(CCc3ccc(OC)cc3)C(=O)/C=C/C(=O)O)C2=O)cc1. The predicted molar refractivity (Wildman–Crippen MR) is 124 cm³/mol. The fraction of sp³-hybridized carbons (Fsp3) is 0.280. The van der Waals surface area contributed by atoms with E-state index in [2.05, 4.69) is 0 Å². The van der Waals surface area contributed by atoms with Crippen LogP contribution in [0.3, 0.4) is 0 Å². The van der Waals surface area contributed by atoms with Crippen LogP contribution in [0.2, 0.25) is 0 Å². The summed E-state index contributed by atoms with van der Waals surface area (Å²) in [5.74, 6) is -1.63. The standard InChI is InChI=1S/C25H26N2O7/c1-3-34-20-10-6-18(7-11-20)27-23(29)16-21(25(27)32)26(22(28)12-13-24(30)31)15-14-17-4-8-19(33-2)9-5-17/h4-13,21H,3,14-16H2,1-2H3,(H,30,31)/b13-12+. The zero-order chi connectivity index (χ0) is 24.7. The van der Waals surface area contributed by atoms with Crippen LogP contribution in [0, 0.1) is 0 Å². The van der Waals surface area contributed by atoms with E-state index in [1.54, 1.807) is 43.5 Å². The van der Waals surface area contributed by atoms with Crippen LogP contribution in [0.15, 0.2) is 60.7 Å². The number of carbonyl (C=O) groups excluding carboxylic acids is 3. The van der Waals surface area contributed by atoms with Crippen LogP contribution < -0.4 is 14.4 Å². The van der Waals surface area contributed by atoms with E-state index >= 15 is 0 Å². The molecule has 1 N–H and O–H groups in total. The van der Waals surface area contributed by atoms with E-state index in [1.165, 1.54) is 4.90 Å². The van der Waals surface area contributed by atoms with Gasteiger partial charge < -0.3 is 19.5 Å². The van der Waals surface area contributed by atoms with Crippen molar-refractivity contribution in [3.05, 3.63) is 66.2 Å². The molecule has 0 radical (unpaired) electrons. The lowest BCUT2D eigenvalue weighted by Crippen LogP contribution is -2.45. The summed E-state index contributed by atoms with van der Waals surface area (Å²) in [6.07, 6.45) is 1.82. The zero-order valence-electron chi connectivity index (χ0n) is 19.0. The minimum atomic E-state index is -1.28. The Morgan fingerprint density at radius 2 is 1.71 bits per heavy atom. The molecule has 3 amide bonds. The summed E-state index contributed by atoms with van der Waals surface area (Å²) in [5, 5.41) is 8.90. The molecule has 0 saturated carbocycles. The van der Waals surface area contributed by atoms with Gasteiger partial charge in [0.25, 0.3) is 5.91 Å². The van der Waals surface area contributed by atoms with Gasteiger partial charge in [-0.2, -0.15) is 0 Å². The highest BCUT2D eigenvalue weighted by atomic mass is 16.5. The van der Waals surface area contributed by atoms with Crippen LogP contribution in [0.1, 0.15) is 18.9 Å².